The van der Waals surface area contributed by atoms with Crippen LogP contribution in [-0.4, -0.2) is 60.8 Å². The van der Waals surface area contributed by atoms with Crippen molar-refractivity contribution in [1.82, 2.24) is 15.5 Å². The van der Waals surface area contributed by atoms with Gasteiger partial charge in [0.2, 0.25) is 0 Å². The van der Waals surface area contributed by atoms with Gasteiger partial charge in [-0.2, -0.15) is 0 Å². The molecule has 1 aliphatic heterocycles. The summed E-state index contributed by atoms with van der Waals surface area (Å²) in [5.74, 6) is 1.28. The summed E-state index contributed by atoms with van der Waals surface area (Å²) in [6.07, 6.45) is 8.03. The lowest BCUT2D eigenvalue weighted by Gasteiger charge is -2.33. The van der Waals surface area contributed by atoms with E-state index in [1.165, 1.54) is 45.3 Å². The Hall–Kier alpha value is -0.810. The summed E-state index contributed by atoms with van der Waals surface area (Å²) in [5.41, 5.74) is 0. The van der Waals surface area contributed by atoms with Crippen molar-refractivity contribution in [3.63, 3.8) is 0 Å². The SMILES string of the molecule is CCCCN1CCC(NC(=NCC2CCCC2O)NCC)CC1. The molecule has 0 spiro atoms. The zero-order valence-corrected chi connectivity index (χ0v) is 15.1. The Kier molecular flexibility index (Phi) is 8.17. The third-order valence-electron chi connectivity index (χ3n) is 5.20. The second-order valence-corrected chi connectivity index (χ2v) is 7.09. The molecule has 0 amide bonds. The van der Waals surface area contributed by atoms with Gasteiger partial charge >= 0.3 is 0 Å². The van der Waals surface area contributed by atoms with Gasteiger partial charge in [-0.05, 0) is 45.6 Å². The number of aliphatic hydroxyl groups excluding tert-OH is 1. The highest BCUT2D eigenvalue weighted by molar-refractivity contribution is 5.80. The minimum absolute atomic E-state index is 0.150. The van der Waals surface area contributed by atoms with E-state index < -0.39 is 0 Å². The van der Waals surface area contributed by atoms with E-state index in [0.29, 0.717) is 12.0 Å². The minimum Gasteiger partial charge on any atom is -0.393 e. The highest BCUT2D eigenvalue weighted by atomic mass is 16.3. The average Bonchev–Trinajstić information content (AvgIpc) is 2.97. The highest BCUT2D eigenvalue weighted by Crippen LogP contribution is 2.25. The van der Waals surface area contributed by atoms with E-state index in [9.17, 15) is 5.11 Å². The Balaban J connectivity index is 1.75. The molecule has 0 aromatic rings. The van der Waals surface area contributed by atoms with Crippen molar-refractivity contribution in [2.45, 2.75) is 70.9 Å². The van der Waals surface area contributed by atoms with Crippen molar-refractivity contribution < 1.29 is 5.11 Å². The molecule has 2 atom stereocenters. The topological polar surface area (TPSA) is 59.9 Å². The van der Waals surface area contributed by atoms with Crippen LogP contribution in [0.3, 0.4) is 0 Å². The number of guanidine groups is 1. The first-order valence-electron chi connectivity index (χ1n) is 9.68. The smallest absolute Gasteiger partial charge is 0.191 e. The van der Waals surface area contributed by atoms with Crippen LogP contribution in [0.4, 0.5) is 0 Å². The predicted octanol–water partition coefficient (Wildman–Crippen LogP) is 1.97. The van der Waals surface area contributed by atoms with Crippen LogP contribution in [0.2, 0.25) is 0 Å². The fourth-order valence-corrected chi connectivity index (χ4v) is 3.63. The first-order valence-corrected chi connectivity index (χ1v) is 9.68. The number of unbranched alkanes of at least 4 members (excludes halogenated alkanes) is 1. The lowest BCUT2D eigenvalue weighted by atomic mass is 10.0. The quantitative estimate of drug-likeness (QED) is 0.495. The van der Waals surface area contributed by atoms with Gasteiger partial charge in [-0.15, -0.1) is 0 Å². The number of hydrogen-bond donors (Lipinski definition) is 3. The normalized spacial score (nSPS) is 27.3. The molecular weight excluding hydrogens is 288 g/mol. The van der Waals surface area contributed by atoms with Crippen LogP contribution >= 0.6 is 0 Å². The maximum atomic E-state index is 9.94. The monoisotopic (exact) mass is 324 g/mol. The maximum Gasteiger partial charge on any atom is 0.191 e. The lowest BCUT2D eigenvalue weighted by Crippen LogP contribution is -2.49. The molecule has 0 radical (unpaired) electrons. The van der Waals surface area contributed by atoms with Crippen LogP contribution in [0.25, 0.3) is 0 Å². The van der Waals surface area contributed by atoms with E-state index in [1.54, 1.807) is 0 Å². The van der Waals surface area contributed by atoms with E-state index in [2.05, 4.69) is 29.4 Å². The van der Waals surface area contributed by atoms with Crippen LogP contribution in [0.1, 0.15) is 58.8 Å². The van der Waals surface area contributed by atoms with E-state index in [0.717, 1.165) is 38.3 Å². The van der Waals surface area contributed by atoms with Gasteiger partial charge in [-0.3, -0.25) is 4.99 Å². The molecule has 2 unspecified atom stereocenters. The van der Waals surface area contributed by atoms with Crippen molar-refractivity contribution >= 4 is 5.96 Å². The number of hydrogen-bond acceptors (Lipinski definition) is 3. The number of piperidine rings is 1. The largest absolute Gasteiger partial charge is 0.393 e. The summed E-state index contributed by atoms with van der Waals surface area (Å²) in [6.45, 7) is 9.62. The van der Waals surface area contributed by atoms with Crippen LogP contribution in [0, 0.1) is 5.92 Å². The first kappa shape index (κ1) is 18.5. The molecule has 5 nitrogen and oxygen atoms in total. The van der Waals surface area contributed by atoms with Crippen molar-refractivity contribution in [1.29, 1.82) is 0 Å². The number of likely N-dealkylation sites (tertiary alicyclic amines) is 1. The standard InChI is InChI=1S/C18H36N4O/c1-3-5-11-22-12-9-16(10-13-22)21-18(19-4-2)20-14-15-7-6-8-17(15)23/h15-17,23H,3-14H2,1-2H3,(H2,19,20,21). The van der Waals surface area contributed by atoms with Crippen LogP contribution in [0.5, 0.6) is 0 Å². The molecule has 0 aromatic heterocycles. The van der Waals surface area contributed by atoms with Crippen LogP contribution < -0.4 is 10.6 Å². The maximum absolute atomic E-state index is 9.94. The Morgan fingerprint density at radius 3 is 2.57 bits per heavy atom. The van der Waals surface area contributed by atoms with Crippen molar-refractivity contribution in [2.75, 3.05) is 32.7 Å². The molecule has 2 aliphatic rings. The lowest BCUT2D eigenvalue weighted by molar-refractivity contribution is 0.136. The Morgan fingerprint density at radius 1 is 1.17 bits per heavy atom. The molecule has 2 fully saturated rings. The van der Waals surface area contributed by atoms with Gasteiger partial charge in [0.15, 0.2) is 5.96 Å². The molecule has 5 heteroatoms. The minimum atomic E-state index is -0.150. The van der Waals surface area contributed by atoms with Crippen LogP contribution in [-0.2, 0) is 0 Å². The molecule has 134 valence electrons. The van der Waals surface area contributed by atoms with Gasteiger partial charge in [0.05, 0.1) is 6.10 Å². The van der Waals surface area contributed by atoms with Gasteiger partial charge in [0, 0.05) is 38.1 Å². The molecule has 2 rings (SSSR count). The number of nitrogens with zero attached hydrogens (tertiary/aromatic N) is 2. The zero-order chi connectivity index (χ0) is 16.5. The summed E-state index contributed by atoms with van der Waals surface area (Å²) in [6, 6.07) is 0.527. The average molecular weight is 325 g/mol. The summed E-state index contributed by atoms with van der Waals surface area (Å²) < 4.78 is 0. The second kappa shape index (κ2) is 10.1. The zero-order valence-electron chi connectivity index (χ0n) is 15.1. The summed E-state index contributed by atoms with van der Waals surface area (Å²) >= 11 is 0. The third kappa shape index (κ3) is 6.30. The fraction of sp³-hybridized carbons (Fsp3) is 0.944. The third-order valence-corrected chi connectivity index (χ3v) is 5.20. The molecule has 0 aromatic carbocycles. The Morgan fingerprint density at radius 2 is 1.96 bits per heavy atom. The van der Waals surface area contributed by atoms with Gasteiger partial charge in [-0.1, -0.05) is 19.8 Å². The molecular formula is C18H36N4O. The molecule has 1 saturated heterocycles. The van der Waals surface area contributed by atoms with Crippen molar-refractivity contribution in [3.8, 4) is 0 Å². The first-order chi connectivity index (χ1) is 11.2. The van der Waals surface area contributed by atoms with Crippen LogP contribution in [0.15, 0.2) is 4.99 Å². The molecule has 1 saturated carbocycles. The fourth-order valence-electron chi connectivity index (χ4n) is 3.63. The van der Waals surface area contributed by atoms with E-state index in [1.807, 2.05) is 0 Å². The van der Waals surface area contributed by atoms with Gasteiger partial charge < -0.3 is 20.6 Å². The van der Waals surface area contributed by atoms with Gasteiger partial charge in [0.25, 0.3) is 0 Å². The number of aliphatic imine (C=N–C) groups is 1. The summed E-state index contributed by atoms with van der Waals surface area (Å²) in [7, 11) is 0. The van der Waals surface area contributed by atoms with Crippen molar-refractivity contribution in [3.05, 3.63) is 0 Å². The summed E-state index contributed by atoms with van der Waals surface area (Å²) in [5, 5.41) is 16.9. The Labute approximate surface area is 141 Å². The molecule has 3 N–H and O–H groups in total. The second-order valence-electron chi connectivity index (χ2n) is 7.09. The number of rotatable bonds is 7. The van der Waals surface area contributed by atoms with E-state index in [4.69, 9.17) is 4.99 Å². The molecule has 0 bridgehead atoms. The van der Waals surface area contributed by atoms with E-state index >= 15 is 0 Å². The highest BCUT2D eigenvalue weighted by Gasteiger charge is 2.25. The van der Waals surface area contributed by atoms with Crippen molar-refractivity contribution in [2.24, 2.45) is 10.9 Å². The molecule has 23 heavy (non-hydrogen) atoms. The van der Waals surface area contributed by atoms with E-state index in [-0.39, 0.29) is 6.10 Å². The van der Waals surface area contributed by atoms with Gasteiger partial charge in [-0.25, -0.2) is 0 Å². The Bertz CT molecular complexity index is 353. The molecule has 1 heterocycles. The van der Waals surface area contributed by atoms with Gasteiger partial charge in [0.1, 0.15) is 0 Å². The predicted molar refractivity (Wildman–Crippen MR) is 96.8 cm³/mol. The summed E-state index contributed by atoms with van der Waals surface area (Å²) in [4.78, 5) is 7.31. The number of nitrogens with one attached hydrogen (secondary N) is 2. The number of aliphatic hydroxyl groups is 1. The molecule has 1 aliphatic carbocycles.